The van der Waals surface area contributed by atoms with Crippen molar-refractivity contribution >= 4 is 24.6 Å². The fraction of sp³-hybridized carbons (Fsp3) is 0.200. The smallest absolute Gasteiger partial charge is 0.206 e. The van der Waals surface area contributed by atoms with Crippen molar-refractivity contribution in [3.63, 3.8) is 0 Å². The second kappa shape index (κ2) is 6.84. The summed E-state index contributed by atoms with van der Waals surface area (Å²) in [5, 5.41) is 10.6. The van der Waals surface area contributed by atoms with Crippen molar-refractivity contribution in [2.75, 3.05) is 0 Å². The molecular formula is C10H15ClN4. The van der Waals surface area contributed by atoms with Crippen molar-refractivity contribution < 1.29 is 0 Å². The molecule has 0 amide bonds. The maximum absolute atomic E-state index is 6.88. The van der Waals surface area contributed by atoms with Gasteiger partial charge in [-0.3, -0.25) is 5.41 Å². The Morgan fingerprint density at radius 3 is 2.53 bits per heavy atom. The van der Waals surface area contributed by atoms with Crippen LogP contribution >= 0.6 is 12.4 Å². The molecule has 0 atom stereocenters. The molecule has 5 heteroatoms. The van der Waals surface area contributed by atoms with Crippen LogP contribution in [0, 0.1) is 5.41 Å². The molecular weight excluding hydrogens is 212 g/mol. The molecule has 0 unspecified atom stereocenters. The maximum atomic E-state index is 6.88. The largest absolute Gasteiger partial charge is 0.369 e. The second-order valence-electron chi connectivity index (χ2n) is 2.88. The lowest BCUT2D eigenvalue weighted by Crippen LogP contribution is -2.25. The first-order valence-electron chi connectivity index (χ1n) is 4.44. The summed E-state index contributed by atoms with van der Waals surface area (Å²) < 4.78 is 0. The fourth-order valence-electron chi connectivity index (χ4n) is 1.02. The minimum absolute atomic E-state index is 0. The van der Waals surface area contributed by atoms with E-state index >= 15 is 0 Å². The molecule has 15 heavy (non-hydrogen) atoms. The first-order valence-corrected chi connectivity index (χ1v) is 4.44. The van der Waals surface area contributed by atoms with Crippen molar-refractivity contribution in [1.29, 1.82) is 5.41 Å². The summed E-state index contributed by atoms with van der Waals surface area (Å²) >= 11 is 0. The van der Waals surface area contributed by atoms with E-state index in [1.807, 2.05) is 12.1 Å². The number of halogens is 1. The molecule has 0 saturated carbocycles. The Hall–Kier alpha value is -1.55. The van der Waals surface area contributed by atoms with Gasteiger partial charge in [0.15, 0.2) is 0 Å². The van der Waals surface area contributed by atoms with Gasteiger partial charge in [0.1, 0.15) is 0 Å². The van der Waals surface area contributed by atoms with Gasteiger partial charge in [0.05, 0.1) is 6.21 Å². The van der Waals surface area contributed by atoms with E-state index in [1.54, 1.807) is 6.21 Å². The van der Waals surface area contributed by atoms with Crippen molar-refractivity contribution in [2.24, 2.45) is 10.8 Å². The number of benzene rings is 1. The summed E-state index contributed by atoms with van der Waals surface area (Å²) in [6, 6.07) is 8.05. The van der Waals surface area contributed by atoms with Gasteiger partial charge in [-0.25, -0.2) is 5.43 Å². The number of hydrogen-bond acceptors (Lipinski definition) is 2. The molecule has 4 N–H and O–H groups in total. The Morgan fingerprint density at radius 2 is 2.07 bits per heavy atom. The lowest BCUT2D eigenvalue weighted by atomic mass is 10.1. The molecule has 0 aromatic heterocycles. The number of nitrogens with zero attached hydrogens (tertiary/aromatic N) is 1. The SMILES string of the molecule is CCc1ccc(C=NNC(=N)N)cc1.Cl. The van der Waals surface area contributed by atoms with Crippen LogP contribution in [0.5, 0.6) is 0 Å². The fourth-order valence-corrected chi connectivity index (χ4v) is 1.02. The first-order chi connectivity index (χ1) is 6.72. The van der Waals surface area contributed by atoms with Crippen molar-refractivity contribution in [2.45, 2.75) is 13.3 Å². The average molecular weight is 227 g/mol. The van der Waals surface area contributed by atoms with E-state index in [2.05, 4.69) is 29.6 Å². The summed E-state index contributed by atoms with van der Waals surface area (Å²) in [5.41, 5.74) is 9.69. The topological polar surface area (TPSA) is 74.3 Å². The molecule has 1 aromatic carbocycles. The van der Waals surface area contributed by atoms with Gasteiger partial charge >= 0.3 is 0 Å². The molecule has 0 saturated heterocycles. The van der Waals surface area contributed by atoms with Crippen LogP contribution in [0.4, 0.5) is 0 Å². The van der Waals surface area contributed by atoms with E-state index in [4.69, 9.17) is 11.1 Å². The van der Waals surface area contributed by atoms with Gasteiger partial charge in [0, 0.05) is 0 Å². The van der Waals surface area contributed by atoms with Gasteiger partial charge in [-0.2, -0.15) is 5.10 Å². The summed E-state index contributed by atoms with van der Waals surface area (Å²) in [7, 11) is 0. The van der Waals surface area contributed by atoms with Crippen LogP contribution in [0.2, 0.25) is 0 Å². The molecule has 0 heterocycles. The van der Waals surface area contributed by atoms with Gasteiger partial charge in [-0.1, -0.05) is 31.2 Å². The Morgan fingerprint density at radius 1 is 1.47 bits per heavy atom. The lowest BCUT2D eigenvalue weighted by Gasteiger charge is -1.97. The highest BCUT2D eigenvalue weighted by Crippen LogP contribution is 2.02. The third-order valence-electron chi connectivity index (χ3n) is 1.79. The third kappa shape index (κ3) is 5.02. The molecule has 4 nitrogen and oxygen atoms in total. The summed E-state index contributed by atoms with van der Waals surface area (Å²) in [6.07, 6.45) is 2.66. The summed E-state index contributed by atoms with van der Waals surface area (Å²) in [5.74, 6) is -0.161. The highest BCUT2D eigenvalue weighted by molar-refractivity contribution is 5.85. The van der Waals surface area contributed by atoms with E-state index in [1.165, 1.54) is 5.56 Å². The van der Waals surface area contributed by atoms with Gasteiger partial charge < -0.3 is 5.73 Å². The molecule has 0 fully saturated rings. The molecule has 82 valence electrons. The Bertz CT molecular complexity index is 332. The van der Waals surface area contributed by atoms with E-state index < -0.39 is 0 Å². The number of hydrogen-bond donors (Lipinski definition) is 3. The highest BCUT2D eigenvalue weighted by atomic mass is 35.5. The molecule has 0 aliphatic rings. The van der Waals surface area contributed by atoms with Gasteiger partial charge in [-0.05, 0) is 17.5 Å². The van der Waals surface area contributed by atoms with Crippen LogP contribution in [0.1, 0.15) is 18.1 Å². The number of hydrazone groups is 1. The zero-order valence-corrected chi connectivity index (χ0v) is 9.34. The number of nitrogens with two attached hydrogens (primary N) is 1. The zero-order valence-electron chi connectivity index (χ0n) is 8.53. The molecule has 0 bridgehead atoms. The predicted octanol–water partition coefficient (Wildman–Crippen LogP) is 1.49. The minimum Gasteiger partial charge on any atom is -0.369 e. The predicted molar refractivity (Wildman–Crippen MR) is 65.7 cm³/mol. The maximum Gasteiger partial charge on any atom is 0.206 e. The van der Waals surface area contributed by atoms with Gasteiger partial charge in [0.25, 0.3) is 0 Å². The monoisotopic (exact) mass is 226 g/mol. The Labute approximate surface area is 95.5 Å². The Kier molecular flexibility index (Phi) is 6.13. The Balaban J connectivity index is 0.00000196. The standard InChI is InChI=1S/C10H14N4.ClH/c1-2-8-3-5-9(6-4-8)7-13-14-10(11)12;/h3-7H,2H2,1H3,(H4,11,12,14);1H. The van der Waals surface area contributed by atoms with E-state index in [0.29, 0.717) is 0 Å². The van der Waals surface area contributed by atoms with Gasteiger partial charge in [0.2, 0.25) is 5.96 Å². The zero-order chi connectivity index (χ0) is 10.4. The third-order valence-corrected chi connectivity index (χ3v) is 1.79. The van der Waals surface area contributed by atoms with Crippen LogP contribution in [-0.4, -0.2) is 12.2 Å². The molecule has 0 radical (unpaired) electrons. The molecule has 0 spiro atoms. The average Bonchev–Trinajstić information content (AvgIpc) is 2.18. The van der Waals surface area contributed by atoms with Crippen LogP contribution in [0.25, 0.3) is 0 Å². The van der Waals surface area contributed by atoms with Crippen LogP contribution < -0.4 is 11.2 Å². The highest BCUT2D eigenvalue weighted by Gasteiger charge is 1.89. The molecule has 1 aromatic rings. The lowest BCUT2D eigenvalue weighted by molar-refractivity contribution is 1.00. The molecule has 0 aliphatic carbocycles. The van der Waals surface area contributed by atoms with Crippen LogP contribution in [-0.2, 0) is 6.42 Å². The first kappa shape index (κ1) is 13.4. The van der Waals surface area contributed by atoms with Crippen molar-refractivity contribution in [3.05, 3.63) is 35.4 Å². The summed E-state index contributed by atoms with van der Waals surface area (Å²) in [4.78, 5) is 0. The molecule has 1 rings (SSSR count). The summed E-state index contributed by atoms with van der Waals surface area (Å²) in [6.45, 7) is 2.11. The second-order valence-corrected chi connectivity index (χ2v) is 2.88. The normalized spacial score (nSPS) is 9.67. The van der Waals surface area contributed by atoms with Crippen molar-refractivity contribution in [1.82, 2.24) is 5.43 Å². The number of rotatable bonds is 3. The van der Waals surface area contributed by atoms with E-state index in [-0.39, 0.29) is 18.4 Å². The molecule has 0 aliphatic heterocycles. The van der Waals surface area contributed by atoms with E-state index in [9.17, 15) is 0 Å². The minimum atomic E-state index is -0.161. The number of guanidine groups is 1. The number of nitrogens with one attached hydrogen (secondary N) is 2. The van der Waals surface area contributed by atoms with Crippen LogP contribution in [0.15, 0.2) is 29.4 Å². The van der Waals surface area contributed by atoms with Crippen LogP contribution in [0.3, 0.4) is 0 Å². The quantitative estimate of drug-likeness (QED) is 0.415. The van der Waals surface area contributed by atoms with Gasteiger partial charge in [-0.15, -0.1) is 12.4 Å². The van der Waals surface area contributed by atoms with Crippen molar-refractivity contribution in [3.8, 4) is 0 Å². The van der Waals surface area contributed by atoms with E-state index in [0.717, 1.165) is 12.0 Å². The number of aryl methyl sites for hydroxylation is 1.